The molecule has 92 valence electrons. The van der Waals surface area contributed by atoms with Gasteiger partial charge in [0.2, 0.25) is 5.78 Å². The number of Topliss-reactive ketones (excluding diaryl/α,β-unsaturated/α-hetero) is 1. The van der Waals surface area contributed by atoms with Crippen LogP contribution in [0.3, 0.4) is 0 Å². The number of carbonyl (C=O) groups is 2. The van der Waals surface area contributed by atoms with Crippen LogP contribution in [0.15, 0.2) is 22.7 Å². The van der Waals surface area contributed by atoms with Crippen molar-refractivity contribution in [3.63, 3.8) is 0 Å². The smallest absolute Gasteiger partial charge is 0.292 e. The molecule has 0 radical (unpaired) electrons. The van der Waals surface area contributed by atoms with Crippen molar-refractivity contribution in [2.45, 2.75) is 13.3 Å². The SMILES string of the molecule is CCCNC(=O)C(=O)c1ccc(OC)c(Br)c1. The number of nitrogens with one attached hydrogen (secondary N) is 1. The van der Waals surface area contributed by atoms with Gasteiger partial charge in [0.25, 0.3) is 5.91 Å². The first-order chi connectivity index (χ1) is 8.10. The van der Waals surface area contributed by atoms with Gasteiger partial charge in [0.15, 0.2) is 0 Å². The fourth-order valence-electron chi connectivity index (χ4n) is 1.26. The molecule has 4 nitrogen and oxygen atoms in total. The summed E-state index contributed by atoms with van der Waals surface area (Å²) in [5.74, 6) is -0.499. The lowest BCUT2D eigenvalue weighted by atomic mass is 10.1. The van der Waals surface area contributed by atoms with E-state index in [-0.39, 0.29) is 0 Å². The molecule has 0 aromatic heterocycles. The van der Waals surface area contributed by atoms with Crippen molar-refractivity contribution in [1.29, 1.82) is 0 Å². The Hall–Kier alpha value is -1.36. The summed E-state index contributed by atoms with van der Waals surface area (Å²) in [4.78, 5) is 23.2. The van der Waals surface area contributed by atoms with Crippen molar-refractivity contribution in [2.24, 2.45) is 0 Å². The molecular weight excluding hydrogens is 286 g/mol. The van der Waals surface area contributed by atoms with E-state index in [9.17, 15) is 9.59 Å². The second-order valence-corrected chi connectivity index (χ2v) is 4.29. The molecule has 0 bridgehead atoms. The first-order valence-electron chi connectivity index (χ1n) is 5.26. The lowest BCUT2D eigenvalue weighted by molar-refractivity contribution is -0.116. The number of carbonyl (C=O) groups excluding carboxylic acids is 2. The van der Waals surface area contributed by atoms with E-state index < -0.39 is 11.7 Å². The third-order valence-corrected chi connectivity index (χ3v) is 2.78. The second kappa shape index (κ2) is 6.39. The van der Waals surface area contributed by atoms with E-state index in [2.05, 4.69) is 21.2 Å². The van der Waals surface area contributed by atoms with E-state index in [1.54, 1.807) is 18.2 Å². The molecule has 5 heteroatoms. The summed E-state index contributed by atoms with van der Waals surface area (Å²) in [6, 6.07) is 4.79. The van der Waals surface area contributed by atoms with Crippen molar-refractivity contribution >= 4 is 27.6 Å². The van der Waals surface area contributed by atoms with Gasteiger partial charge in [0.1, 0.15) is 5.75 Å². The number of amides is 1. The molecule has 0 heterocycles. The predicted molar refractivity (Wildman–Crippen MR) is 68.3 cm³/mol. The molecule has 0 aliphatic rings. The highest BCUT2D eigenvalue weighted by atomic mass is 79.9. The zero-order valence-corrected chi connectivity index (χ0v) is 11.3. The number of hydrogen-bond acceptors (Lipinski definition) is 3. The third kappa shape index (κ3) is 3.56. The molecule has 1 aromatic carbocycles. The Labute approximate surface area is 108 Å². The van der Waals surface area contributed by atoms with Crippen LogP contribution in [0.1, 0.15) is 23.7 Å². The molecule has 17 heavy (non-hydrogen) atoms. The van der Waals surface area contributed by atoms with Crippen LogP contribution in [-0.2, 0) is 4.79 Å². The van der Waals surface area contributed by atoms with Crippen molar-refractivity contribution in [1.82, 2.24) is 5.32 Å². The summed E-state index contributed by atoms with van der Waals surface area (Å²) in [5, 5.41) is 2.54. The minimum Gasteiger partial charge on any atom is -0.496 e. The molecule has 1 rings (SSSR count). The van der Waals surface area contributed by atoms with Gasteiger partial charge in [-0.2, -0.15) is 0 Å². The number of halogens is 1. The maximum atomic E-state index is 11.7. The Bertz CT molecular complexity index is 432. The topological polar surface area (TPSA) is 55.4 Å². The Balaban J connectivity index is 2.82. The minimum atomic E-state index is -0.580. The molecule has 1 N–H and O–H groups in total. The molecule has 0 saturated heterocycles. The van der Waals surface area contributed by atoms with Gasteiger partial charge in [-0.05, 0) is 40.5 Å². The van der Waals surface area contributed by atoms with Crippen molar-refractivity contribution in [3.05, 3.63) is 28.2 Å². The molecule has 0 aliphatic carbocycles. The summed E-state index contributed by atoms with van der Waals surface area (Å²) in [7, 11) is 1.54. The summed E-state index contributed by atoms with van der Waals surface area (Å²) in [6.07, 6.45) is 0.797. The van der Waals surface area contributed by atoms with Crippen LogP contribution in [-0.4, -0.2) is 25.3 Å². The highest BCUT2D eigenvalue weighted by Crippen LogP contribution is 2.25. The van der Waals surface area contributed by atoms with E-state index in [1.807, 2.05) is 6.92 Å². The van der Waals surface area contributed by atoms with Gasteiger partial charge in [0.05, 0.1) is 11.6 Å². The molecule has 0 spiro atoms. The van der Waals surface area contributed by atoms with Gasteiger partial charge in [-0.1, -0.05) is 6.92 Å². The highest BCUT2D eigenvalue weighted by molar-refractivity contribution is 9.10. The number of rotatable bonds is 5. The van der Waals surface area contributed by atoms with Crippen LogP contribution in [0.5, 0.6) is 5.75 Å². The lowest BCUT2D eigenvalue weighted by Gasteiger charge is -2.06. The van der Waals surface area contributed by atoms with Gasteiger partial charge in [0, 0.05) is 12.1 Å². The molecule has 0 fully saturated rings. The van der Waals surface area contributed by atoms with Crippen LogP contribution in [0.2, 0.25) is 0 Å². The van der Waals surface area contributed by atoms with Crippen LogP contribution in [0.4, 0.5) is 0 Å². The Morgan fingerprint density at radius 2 is 2.12 bits per heavy atom. The van der Waals surface area contributed by atoms with E-state index in [4.69, 9.17) is 4.74 Å². The summed E-state index contributed by atoms with van der Waals surface area (Å²) < 4.78 is 5.69. The standard InChI is InChI=1S/C12H14BrNO3/c1-3-6-14-12(16)11(15)8-4-5-10(17-2)9(13)7-8/h4-5,7H,3,6H2,1-2H3,(H,14,16). The Morgan fingerprint density at radius 1 is 1.41 bits per heavy atom. The van der Waals surface area contributed by atoms with Gasteiger partial charge < -0.3 is 10.1 Å². The monoisotopic (exact) mass is 299 g/mol. The van der Waals surface area contributed by atoms with Crippen molar-refractivity contribution in [2.75, 3.05) is 13.7 Å². The molecule has 0 atom stereocenters. The van der Waals surface area contributed by atoms with E-state index in [0.717, 1.165) is 6.42 Å². The largest absolute Gasteiger partial charge is 0.496 e. The van der Waals surface area contributed by atoms with Crippen LogP contribution >= 0.6 is 15.9 Å². The maximum absolute atomic E-state index is 11.7. The zero-order valence-electron chi connectivity index (χ0n) is 9.75. The fourth-order valence-corrected chi connectivity index (χ4v) is 1.80. The third-order valence-electron chi connectivity index (χ3n) is 2.16. The van der Waals surface area contributed by atoms with Gasteiger partial charge in [-0.15, -0.1) is 0 Å². The van der Waals surface area contributed by atoms with Crippen LogP contribution in [0, 0.1) is 0 Å². The number of methoxy groups -OCH3 is 1. The predicted octanol–water partition coefficient (Wildman–Crippen LogP) is 2.17. The first kappa shape index (κ1) is 13.7. The first-order valence-corrected chi connectivity index (χ1v) is 6.05. The number of hydrogen-bond donors (Lipinski definition) is 1. The van der Waals surface area contributed by atoms with Crippen LogP contribution in [0.25, 0.3) is 0 Å². The summed E-state index contributed by atoms with van der Waals surface area (Å²) in [6.45, 7) is 2.43. The van der Waals surface area contributed by atoms with E-state index in [0.29, 0.717) is 22.3 Å². The number of ether oxygens (including phenoxy) is 1. The molecule has 0 aliphatic heterocycles. The van der Waals surface area contributed by atoms with E-state index in [1.165, 1.54) is 7.11 Å². The average Bonchev–Trinajstić information content (AvgIpc) is 2.34. The summed E-state index contributed by atoms with van der Waals surface area (Å²) in [5.41, 5.74) is 0.339. The van der Waals surface area contributed by atoms with Gasteiger partial charge >= 0.3 is 0 Å². The minimum absolute atomic E-state index is 0.339. The lowest BCUT2D eigenvalue weighted by Crippen LogP contribution is -2.31. The van der Waals surface area contributed by atoms with Crippen molar-refractivity contribution in [3.8, 4) is 5.75 Å². The molecule has 1 aromatic rings. The summed E-state index contributed by atoms with van der Waals surface area (Å²) >= 11 is 3.27. The van der Waals surface area contributed by atoms with Crippen molar-refractivity contribution < 1.29 is 14.3 Å². The van der Waals surface area contributed by atoms with Crippen LogP contribution < -0.4 is 10.1 Å². The van der Waals surface area contributed by atoms with Gasteiger partial charge in [-0.25, -0.2) is 0 Å². The number of benzene rings is 1. The average molecular weight is 300 g/mol. The molecule has 0 unspecified atom stereocenters. The maximum Gasteiger partial charge on any atom is 0.292 e. The quantitative estimate of drug-likeness (QED) is 0.670. The number of ketones is 1. The molecule has 0 saturated carbocycles. The fraction of sp³-hybridized carbons (Fsp3) is 0.333. The Morgan fingerprint density at radius 3 is 2.65 bits per heavy atom. The van der Waals surface area contributed by atoms with E-state index >= 15 is 0 Å². The Kier molecular flexibility index (Phi) is 5.15. The highest BCUT2D eigenvalue weighted by Gasteiger charge is 2.16. The van der Waals surface area contributed by atoms with Gasteiger partial charge in [-0.3, -0.25) is 9.59 Å². The zero-order chi connectivity index (χ0) is 12.8. The molecular formula is C12H14BrNO3. The normalized spacial score (nSPS) is 9.82. The molecule has 1 amide bonds. The second-order valence-electron chi connectivity index (χ2n) is 3.43.